The molecule has 1 aliphatic carbocycles. The smallest absolute Gasteiger partial charge is 0.347 e. The first kappa shape index (κ1) is 11.9. The van der Waals surface area contributed by atoms with Gasteiger partial charge in [-0.3, -0.25) is 0 Å². The summed E-state index contributed by atoms with van der Waals surface area (Å²) in [6, 6.07) is 4.89. The minimum Gasteiger partial charge on any atom is -0.475 e. The summed E-state index contributed by atoms with van der Waals surface area (Å²) in [7, 11) is 1.31. The van der Waals surface area contributed by atoms with E-state index in [2.05, 4.69) is 4.74 Å². The molecule has 0 spiro atoms. The van der Waals surface area contributed by atoms with Gasteiger partial charge in [-0.25, -0.2) is 9.18 Å². The van der Waals surface area contributed by atoms with Crippen molar-refractivity contribution < 1.29 is 18.7 Å². The Morgan fingerprint density at radius 2 is 2.18 bits per heavy atom. The van der Waals surface area contributed by atoms with Crippen LogP contribution in [0.2, 0.25) is 0 Å². The number of rotatable bonds is 4. The van der Waals surface area contributed by atoms with Crippen molar-refractivity contribution in [1.29, 1.82) is 0 Å². The predicted octanol–water partition coefficient (Wildman–Crippen LogP) is 2.46. The maximum atomic E-state index is 13.7. The highest BCUT2D eigenvalue weighted by Crippen LogP contribution is 2.36. The molecule has 0 saturated heterocycles. The van der Waals surface area contributed by atoms with Crippen molar-refractivity contribution in [3.63, 3.8) is 0 Å². The SMILES string of the molecule is COC(=O)C(Oc1cccc(C)c1F)C1CC1. The Labute approximate surface area is 99.5 Å². The molecule has 0 amide bonds. The molecular formula is C13H15FO3. The molecule has 1 fully saturated rings. The van der Waals surface area contributed by atoms with Gasteiger partial charge in [0.15, 0.2) is 17.7 Å². The molecule has 1 saturated carbocycles. The minimum absolute atomic E-state index is 0.118. The van der Waals surface area contributed by atoms with Crippen molar-refractivity contribution in [2.45, 2.75) is 25.9 Å². The zero-order chi connectivity index (χ0) is 12.4. The Bertz CT molecular complexity index is 427. The molecule has 0 aliphatic heterocycles. The van der Waals surface area contributed by atoms with Gasteiger partial charge in [-0.05, 0) is 31.4 Å². The van der Waals surface area contributed by atoms with Crippen LogP contribution in [0, 0.1) is 18.7 Å². The van der Waals surface area contributed by atoms with Gasteiger partial charge in [-0.1, -0.05) is 12.1 Å². The Hall–Kier alpha value is -1.58. The molecule has 0 bridgehead atoms. The van der Waals surface area contributed by atoms with Gasteiger partial charge in [0.05, 0.1) is 7.11 Å². The fourth-order valence-corrected chi connectivity index (χ4v) is 1.70. The second-order valence-electron chi connectivity index (χ2n) is 4.29. The van der Waals surface area contributed by atoms with E-state index in [1.165, 1.54) is 13.2 Å². The lowest BCUT2D eigenvalue weighted by Gasteiger charge is -2.17. The third-order valence-corrected chi connectivity index (χ3v) is 2.89. The molecule has 17 heavy (non-hydrogen) atoms. The molecule has 1 atom stereocenters. The van der Waals surface area contributed by atoms with Crippen molar-refractivity contribution in [1.82, 2.24) is 0 Å². The van der Waals surface area contributed by atoms with Crippen LogP contribution in [0.1, 0.15) is 18.4 Å². The summed E-state index contributed by atoms with van der Waals surface area (Å²) < 4.78 is 23.9. The standard InChI is InChI=1S/C13H15FO3/c1-8-4-3-5-10(11(8)14)17-12(9-6-7-9)13(15)16-2/h3-5,9,12H,6-7H2,1-2H3. The van der Waals surface area contributed by atoms with E-state index in [4.69, 9.17) is 4.74 Å². The fourth-order valence-electron chi connectivity index (χ4n) is 1.70. The number of ether oxygens (including phenoxy) is 2. The van der Waals surface area contributed by atoms with Crippen LogP contribution in [0.4, 0.5) is 4.39 Å². The predicted molar refractivity (Wildman–Crippen MR) is 60.3 cm³/mol. The molecule has 0 heterocycles. The zero-order valence-electron chi connectivity index (χ0n) is 9.90. The minimum atomic E-state index is -0.684. The maximum Gasteiger partial charge on any atom is 0.347 e. The number of benzene rings is 1. The van der Waals surface area contributed by atoms with E-state index >= 15 is 0 Å². The van der Waals surface area contributed by atoms with E-state index in [0.717, 1.165) is 12.8 Å². The lowest BCUT2D eigenvalue weighted by molar-refractivity contribution is -0.149. The highest BCUT2D eigenvalue weighted by molar-refractivity contribution is 5.75. The quantitative estimate of drug-likeness (QED) is 0.756. The van der Waals surface area contributed by atoms with Gasteiger partial charge in [0.2, 0.25) is 0 Å². The summed E-state index contributed by atoms with van der Waals surface area (Å²) in [5, 5.41) is 0. The molecular weight excluding hydrogens is 223 g/mol. The van der Waals surface area contributed by atoms with Gasteiger partial charge in [-0.15, -0.1) is 0 Å². The molecule has 1 aliphatic rings. The highest BCUT2D eigenvalue weighted by Gasteiger charge is 2.39. The van der Waals surface area contributed by atoms with Gasteiger partial charge >= 0.3 is 5.97 Å². The summed E-state index contributed by atoms with van der Waals surface area (Å²) in [5.41, 5.74) is 0.502. The van der Waals surface area contributed by atoms with Crippen LogP contribution in [0.25, 0.3) is 0 Å². The summed E-state index contributed by atoms with van der Waals surface area (Å²) >= 11 is 0. The summed E-state index contributed by atoms with van der Waals surface area (Å²) in [6.07, 6.45) is 1.16. The largest absolute Gasteiger partial charge is 0.475 e. The number of hydrogen-bond acceptors (Lipinski definition) is 3. The van der Waals surface area contributed by atoms with Crippen molar-refractivity contribution in [2.75, 3.05) is 7.11 Å². The Morgan fingerprint density at radius 3 is 2.76 bits per heavy atom. The van der Waals surface area contributed by atoms with Gasteiger partial charge in [0.1, 0.15) is 0 Å². The molecule has 1 unspecified atom stereocenters. The van der Waals surface area contributed by atoms with Crippen molar-refractivity contribution in [2.24, 2.45) is 5.92 Å². The number of esters is 1. The fraction of sp³-hybridized carbons (Fsp3) is 0.462. The first-order valence-electron chi connectivity index (χ1n) is 5.63. The van der Waals surface area contributed by atoms with Crippen molar-refractivity contribution in [3.05, 3.63) is 29.6 Å². The average molecular weight is 238 g/mol. The maximum absolute atomic E-state index is 13.7. The average Bonchev–Trinajstić information content (AvgIpc) is 3.14. The monoisotopic (exact) mass is 238 g/mol. The number of hydrogen-bond donors (Lipinski definition) is 0. The second-order valence-corrected chi connectivity index (χ2v) is 4.29. The van der Waals surface area contributed by atoms with Gasteiger partial charge in [-0.2, -0.15) is 0 Å². The number of aryl methyl sites for hydroxylation is 1. The molecule has 0 N–H and O–H groups in total. The summed E-state index contributed by atoms with van der Waals surface area (Å²) in [6.45, 7) is 1.66. The van der Waals surface area contributed by atoms with Crippen molar-refractivity contribution >= 4 is 5.97 Å². The van der Waals surface area contributed by atoms with E-state index in [-0.39, 0.29) is 11.7 Å². The number of carbonyl (C=O) groups excluding carboxylic acids is 1. The molecule has 3 nitrogen and oxygen atoms in total. The molecule has 92 valence electrons. The van der Waals surface area contributed by atoms with E-state index in [9.17, 15) is 9.18 Å². The molecule has 0 radical (unpaired) electrons. The zero-order valence-corrected chi connectivity index (χ0v) is 9.90. The number of carbonyl (C=O) groups is 1. The molecule has 1 aromatic carbocycles. The van der Waals surface area contributed by atoms with Gasteiger partial charge in [0.25, 0.3) is 0 Å². The molecule has 1 aromatic rings. The third kappa shape index (κ3) is 2.57. The van der Waals surface area contributed by atoms with Crippen LogP contribution >= 0.6 is 0 Å². The van der Waals surface area contributed by atoms with E-state index in [1.807, 2.05) is 0 Å². The third-order valence-electron chi connectivity index (χ3n) is 2.89. The van der Waals surface area contributed by atoms with Crippen LogP contribution in [0.3, 0.4) is 0 Å². The Kier molecular flexibility index (Phi) is 3.31. The lowest BCUT2D eigenvalue weighted by atomic mass is 10.2. The van der Waals surface area contributed by atoms with Gasteiger partial charge < -0.3 is 9.47 Å². The van der Waals surface area contributed by atoms with E-state index < -0.39 is 17.9 Å². The van der Waals surface area contributed by atoms with E-state index in [0.29, 0.717) is 5.56 Å². The first-order chi connectivity index (χ1) is 8.13. The summed E-state index contributed by atoms with van der Waals surface area (Å²) in [5.74, 6) is -0.579. The topological polar surface area (TPSA) is 35.5 Å². The second kappa shape index (κ2) is 4.73. The number of methoxy groups -OCH3 is 1. The van der Waals surface area contributed by atoms with Gasteiger partial charge in [0, 0.05) is 5.92 Å². The lowest BCUT2D eigenvalue weighted by Crippen LogP contribution is -2.31. The normalized spacial score (nSPS) is 16.4. The molecule has 0 aromatic heterocycles. The first-order valence-corrected chi connectivity index (χ1v) is 5.63. The number of halogens is 1. The van der Waals surface area contributed by atoms with Crippen LogP contribution in [-0.4, -0.2) is 19.2 Å². The van der Waals surface area contributed by atoms with Crippen LogP contribution < -0.4 is 4.74 Å². The summed E-state index contributed by atoms with van der Waals surface area (Å²) in [4.78, 5) is 11.5. The molecule has 2 rings (SSSR count). The van der Waals surface area contributed by atoms with Crippen LogP contribution in [-0.2, 0) is 9.53 Å². The van der Waals surface area contributed by atoms with Crippen LogP contribution in [0.5, 0.6) is 5.75 Å². The Morgan fingerprint density at radius 1 is 1.47 bits per heavy atom. The Balaban J connectivity index is 2.17. The molecule has 4 heteroatoms. The van der Waals surface area contributed by atoms with Crippen LogP contribution in [0.15, 0.2) is 18.2 Å². The highest BCUT2D eigenvalue weighted by atomic mass is 19.1. The van der Waals surface area contributed by atoms with Crippen molar-refractivity contribution in [3.8, 4) is 5.75 Å². The van der Waals surface area contributed by atoms with E-state index in [1.54, 1.807) is 19.1 Å².